The Morgan fingerprint density at radius 1 is 1.20 bits per heavy atom. The van der Waals surface area contributed by atoms with E-state index in [2.05, 4.69) is 4.90 Å². The Hall–Kier alpha value is -0.840. The van der Waals surface area contributed by atoms with Crippen LogP contribution in [0.25, 0.3) is 0 Å². The van der Waals surface area contributed by atoms with Gasteiger partial charge in [-0.05, 0) is 46.5 Å². The molecule has 0 aromatic rings. The minimum absolute atomic E-state index is 0.208. The molecule has 2 rings (SSSR count). The van der Waals surface area contributed by atoms with Crippen LogP contribution in [-0.2, 0) is 4.74 Å². The summed E-state index contributed by atoms with van der Waals surface area (Å²) in [6, 6.07) is 0.223. The number of nitrogens with zero attached hydrogens (tertiary/aromatic N) is 2. The highest BCUT2D eigenvalue weighted by molar-refractivity contribution is 5.69. The van der Waals surface area contributed by atoms with Gasteiger partial charge in [-0.2, -0.15) is 0 Å². The summed E-state index contributed by atoms with van der Waals surface area (Å²) in [6.45, 7) is 8.91. The Balaban J connectivity index is 1.86. The van der Waals surface area contributed by atoms with Gasteiger partial charge in [0.05, 0.1) is 0 Å². The van der Waals surface area contributed by atoms with Crippen LogP contribution >= 0.6 is 0 Å². The van der Waals surface area contributed by atoms with Crippen LogP contribution in [0.1, 0.15) is 46.5 Å². The summed E-state index contributed by atoms with van der Waals surface area (Å²) in [4.78, 5) is 16.3. The van der Waals surface area contributed by atoms with Crippen molar-refractivity contribution in [2.45, 2.75) is 64.3 Å². The SMILES string of the molecule is CC(C)(C)OC(=O)N1CCC[C@H]1CN1CCC(F)CC1. The molecule has 116 valence electrons. The third-order valence-electron chi connectivity index (χ3n) is 3.99. The molecule has 0 saturated carbocycles. The lowest BCUT2D eigenvalue weighted by molar-refractivity contribution is 0.0181. The molecular weight excluding hydrogens is 259 g/mol. The molecule has 2 aliphatic rings. The fourth-order valence-electron chi connectivity index (χ4n) is 2.97. The lowest BCUT2D eigenvalue weighted by Gasteiger charge is -2.34. The van der Waals surface area contributed by atoms with Gasteiger partial charge in [-0.1, -0.05) is 0 Å². The molecule has 2 aliphatic heterocycles. The van der Waals surface area contributed by atoms with E-state index < -0.39 is 11.8 Å². The minimum Gasteiger partial charge on any atom is -0.444 e. The highest BCUT2D eigenvalue weighted by atomic mass is 19.1. The second-order valence-corrected chi connectivity index (χ2v) is 6.95. The second kappa shape index (κ2) is 6.29. The number of hydrogen-bond donors (Lipinski definition) is 0. The van der Waals surface area contributed by atoms with Crippen LogP contribution in [0.5, 0.6) is 0 Å². The normalized spacial score (nSPS) is 26.0. The molecule has 20 heavy (non-hydrogen) atoms. The first-order chi connectivity index (χ1) is 9.35. The summed E-state index contributed by atoms with van der Waals surface area (Å²) in [5.41, 5.74) is -0.448. The average molecular weight is 286 g/mol. The largest absolute Gasteiger partial charge is 0.444 e. The van der Waals surface area contributed by atoms with Gasteiger partial charge in [0.15, 0.2) is 0 Å². The van der Waals surface area contributed by atoms with E-state index in [4.69, 9.17) is 4.74 Å². The van der Waals surface area contributed by atoms with Gasteiger partial charge in [-0.15, -0.1) is 0 Å². The molecule has 0 spiro atoms. The van der Waals surface area contributed by atoms with Crippen LogP contribution in [0.3, 0.4) is 0 Å². The molecule has 2 saturated heterocycles. The molecule has 0 bridgehead atoms. The molecule has 4 nitrogen and oxygen atoms in total. The number of carbonyl (C=O) groups is 1. The third kappa shape index (κ3) is 4.33. The van der Waals surface area contributed by atoms with E-state index in [1.165, 1.54) is 0 Å². The van der Waals surface area contributed by atoms with Crippen molar-refractivity contribution in [1.29, 1.82) is 0 Å². The zero-order chi connectivity index (χ0) is 14.8. The Labute approximate surface area is 121 Å². The number of halogens is 1. The summed E-state index contributed by atoms with van der Waals surface area (Å²) in [5, 5.41) is 0. The summed E-state index contributed by atoms with van der Waals surface area (Å²) < 4.78 is 18.6. The molecule has 0 aromatic heterocycles. The van der Waals surface area contributed by atoms with Gasteiger partial charge in [0.1, 0.15) is 11.8 Å². The van der Waals surface area contributed by atoms with E-state index in [1.807, 2.05) is 25.7 Å². The second-order valence-electron chi connectivity index (χ2n) is 6.95. The molecule has 5 heteroatoms. The van der Waals surface area contributed by atoms with Gasteiger partial charge in [0.25, 0.3) is 0 Å². The van der Waals surface area contributed by atoms with Crippen LogP contribution < -0.4 is 0 Å². The maximum absolute atomic E-state index is 13.2. The van der Waals surface area contributed by atoms with Crippen LogP contribution in [0.15, 0.2) is 0 Å². The number of amides is 1. The molecule has 2 heterocycles. The summed E-state index contributed by atoms with van der Waals surface area (Å²) in [5.74, 6) is 0. The number of alkyl halides is 1. The Bertz CT molecular complexity index is 335. The van der Waals surface area contributed by atoms with Gasteiger partial charge in [-0.25, -0.2) is 9.18 Å². The first-order valence-corrected chi connectivity index (χ1v) is 7.71. The first kappa shape index (κ1) is 15.5. The number of likely N-dealkylation sites (tertiary alicyclic amines) is 2. The third-order valence-corrected chi connectivity index (χ3v) is 3.99. The maximum atomic E-state index is 13.2. The van der Waals surface area contributed by atoms with Crippen LogP contribution in [0.2, 0.25) is 0 Å². The van der Waals surface area contributed by atoms with Crippen molar-refractivity contribution in [2.75, 3.05) is 26.2 Å². The lowest BCUT2D eigenvalue weighted by atomic mass is 10.1. The van der Waals surface area contributed by atoms with Crippen molar-refractivity contribution < 1.29 is 13.9 Å². The predicted octanol–water partition coefficient (Wildman–Crippen LogP) is 2.82. The smallest absolute Gasteiger partial charge is 0.410 e. The molecule has 0 unspecified atom stereocenters. The van der Waals surface area contributed by atoms with E-state index in [-0.39, 0.29) is 12.1 Å². The molecule has 0 radical (unpaired) electrons. The molecule has 1 amide bonds. The van der Waals surface area contributed by atoms with E-state index >= 15 is 0 Å². The lowest BCUT2D eigenvalue weighted by Crippen LogP contribution is -2.47. The van der Waals surface area contributed by atoms with Gasteiger partial charge >= 0.3 is 6.09 Å². The highest BCUT2D eigenvalue weighted by Gasteiger charge is 2.33. The van der Waals surface area contributed by atoms with Crippen molar-refractivity contribution >= 4 is 6.09 Å². The summed E-state index contributed by atoms with van der Waals surface area (Å²) in [7, 11) is 0. The van der Waals surface area contributed by atoms with Gasteiger partial charge < -0.3 is 14.5 Å². The van der Waals surface area contributed by atoms with Gasteiger partial charge in [0.2, 0.25) is 0 Å². The van der Waals surface area contributed by atoms with E-state index in [1.54, 1.807) is 0 Å². The maximum Gasteiger partial charge on any atom is 0.410 e. The standard InChI is InChI=1S/C15H27FN2O2/c1-15(2,3)20-14(19)18-8-4-5-13(18)11-17-9-6-12(16)7-10-17/h12-13H,4-11H2,1-3H3/t13-/m0/s1. The van der Waals surface area contributed by atoms with Crippen molar-refractivity contribution in [3.8, 4) is 0 Å². The molecule has 0 aliphatic carbocycles. The molecule has 0 aromatic carbocycles. The fourth-order valence-corrected chi connectivity index (χ4v) is 2.97. The van der Waals surface area contributed by atoms with Crippen molar-refractivity contribution in [3.05, 3.63) is 0 Å². The van der Waals surface area contributed by atoms with Crippen molar-refractivity contribution in [2.24, 2.45) is 0 Å². The Morgan fingerprint density at radius 2 is 1.85 bits per heavy atom. The topological polar surface area (TPSA) is 32.8 Å². The average Bonchev–Trinajstić information content (AvgIpc) is 2.78. The highest BCUT2D eigenvalue weighted by Crippen LogP contribution is 2.23. The van der Waals surface area contributed by atoms with E-state index in [0.29, 0.717) is 12.8 Å². The molecule has 2 fully saturated rings. The van der Waals surface area contributed by atoms with Crippen LogP contribution in [0, 0.1) is 0 Å². The minimum atomic E-state index is -0.642. The number of piperidine rings is 1. The van der Waals surface area contributed by atoms with Crippen LogP contribution in [0.4, 0.5) is 9.18 Å². The number of rotatable bonds is 2. The summed E-state index contributed by atoms with van der Waals surface area (Å²) in [6.07, 6.45) is 2.45. The Kier molecular flexibility index (Phi) is 4.89. The number of ether oxygens (including phenoxy) is 1. The van der Waals surface area contributed by atoms with Crippen molar-refractivity contribution in [1.82, 2.24) is 9.80 Å². The van der Waals surface area contributed by atoms with Gasteiger partial charge in [0, 0.05) is 32.2 Å². The van der Waals surface area contributed by atoms with Crippen molar-refractivity contribution in [3.63, 3.8) is 0 Å². The Morgan fingerprint density at radius 3 is 2.45 bits per heavy atom. The van der Waals surface area contributed by atoms with E-state index in [9.17, 15) is 9.18 Å². The molecule has 1 atom stereocenters. The quantitative estimate of drug-likeness (QED) is 0.782. The van der Waals surface area contributed by atoms with E-state index in [0.717, 1.165) is 39.0 Å². The number of carbonyl (C=O) groups excluding carboxylic acids is 1. The zero-order valence-corrected chi connectivity index (χ0v) is 12.9. The fraction of sp³-hybridized carbons (Fsp3) is 0.933. The monoisotopic (exact) mass is 286 g/mol. The zero-order valence-electron chi connectivity index (χ0n) is 12.9. The molecular formula is C15H27FN2O2. The predicted molar refractivity (Wildman–Crippen MR) is 76.5 cm³/mol. The molecule has 0 N–H and O–H groups in total. The first-order valence-electron chi connectivity index (χ1n) is 7.71. The number of hydrogen-bond acceptors (Lipinski definition) is 3. The summed E-state index contributed by atoms with van der Waals surface area (Å²) >= 11 is 0. The van der Waals surface area contributed by atoms with Gasteiger partial charge in [-0.3, -0.25) is 0 Å². The van der Waals surface area contributed by atoms with Crippen LogP contribution in [-0.4, -0.2) is 59.9 Å².